The lowest BCUT2D eigenvalue weighted by atomic mass is 10.0. The molecule has 0 aliphatic heterocycles. The number of ether oxygens (including phenoxy) is 1. The zero-order chi connectivity index (χ0) is 19.2. The molecule has 2 aromatic rings. The molecule has 0 radical (unpaired) electrons. The summed E-state index contributed by atoms with van der Waals surface area (Å²) in [4.78, 5) is 15.9. The minimum Gasteiger partial charge on any atom is -0.495 e. The van der Waals surface area contributed by atoms with Crippen LogP contribution in [0.15, 0.2) is 47.6 Å². The van der Waals surface area contributed by atoms with Gasteiger partial charge in [-0.15, -0.1) is 0 Å². The van der Waals surface area contributed by atoms with Crippen molar-refractivity contribution in [1.29, 1.82) is 0 Å². The third-order valence-corrected chi connectivity index (χ3v) is 5.27. The fourth-order valence-electron chi connectivity index (χ4n) is 2.31. The maximum Gasteiger partial charge on any atom is 0.251 e. The number of benzene rings is 1. The molecule has 7 nitrogen and oxygen atoms in total. The van der Waals surface area contributed by atoms with Gasteiger partial charge in [0.1, 0.15) is 10.6 Å². The number of nitrogens with one attached hydrogen (secondary N) is 2. The summed E-state index contributed by atoms with van der Waals surface area (Å²) in [6, 6.07) is 8.28. The second-order valence-corrected chi connectivity index (χ2v) is 7.69. The largest absolute Gasteiger partial charge is 0.495 e. The highest BCUT2D eigenvalue weighted by molar-refractivity contribution is 7.89. The van der Waals surface area contributed by atoms with Crippen LogP contribution in [0.25, 0.3) is 0 Å². The third-order valence-electron chi connectivity index (χ3n) is 3.79. The Kier molecular flexibility index (Phi) is 6.70. The summed E-state index contributed by atoms with van der Waals surface area (Å²) >= 11 is 0. The van der Waals surface area contributed by atoms with Crippen molar-refractivity contribution in [2.45, 2.75) is 24.7 Å². The van der Waals surface area contributed by atoms with E-state index in [4.69, 9.17) is 4.74 Å². The average molecular weight is 377 g/mol. The molecule has 1 heterocycles. The van der Waals surface area contributed by atoms with Gasteiger partial charge in [0.2, 0.25) is 10.0 Å². The van der Waals surface area contributed by atoms with Gasteiger partial charge in [-0.1, -0.05) is 19.9 Å². The lowest BCUT2D eigenvalue weighted by Crippen LogP contribution is -2.34. The Hall–Kier alpha value is -2.45. The predicted molar refractivity (Wildman–Crippen MR) is 98.8 cm³/mol. The number of carbonyl (C=O) groups is 1. The number of hydrogen-bond donors (Lipinski definition) is 2. The molecule has 26 heavy (non-hydrogen) atoms. The molecule has 8 heteroatoms. The first-order valence-electron chi connectivity index (χ1n) is 8.21. The van der Waals surface area contributed by atoms with E-state index in [-0.39, 0.29) is 35.6 Å². The molecular weight excluding hydrogens is 354 g/mol. The Morgan fingerprint density at radius 2 is 1.85 bits per heavy atom. The van der Waals surface area contributed by atoms with E-state index in [1.807, 2.05) is 19.9 Å². The fourth-order valence-corrected chi connectivity index (χ4v) is 3.54. The summed E-state index contributed by atoms with van der Waals surface area (Å²) in [5.74, 6) is 0.184. The number of carbonyl (C=O) groups excluding carboxylic acids is 1. The molecule has 0 aliphatic carbocycles. The Balaban J connectivity index is 2.00. The summed E-state index contributed by atoms with van der Waals surface area (Å²) in [5.41, 5.74) is 1.37. The highest BCUT2D eigenvalue weighted by Gasteiger charge is 2.20. The van der Waals surface area contributed by atoms with E-state index in [1.165, 1.54) is 19.5 Å². The number of pyridine rings is 1. The molecule has 0 saturated heterocycles. The van der Waals surface area contributed by atoms with Crippen LogP contribution in [0, 0.1) is 0 Å². The molecule has 1 aromatic carbocycles. The normalized spacial score (nSPS) is 11.4. The molecule has 140 valence electrons. The van der Waals surface area contributed by atoms with Crippen molar-refractivity contribution in [3.05, 3.63) is 53.9 Å². The van der Waals surface area contributed by atoms with Gasteiger partial charge in [-0.2, -0.15) is 0 Å². The van der Waals surface area contributed by atoms with Crippen molar-refractivity contribution >= 4 is 15.9 Å². The van der Waals surface area contributed by atoms with Crippen LogP contribution in [-0.4, -0.2) is 39.5 Å². The molecule has 0 spiro atoms. The maximum atomic E-state index is 12.6. The SMILES string of the molecule is COc1ccc(C(C)C)cc1S(=O)(=O)NCCNC(=O)c1ccncc1. The third kappa shape index (κ3) is 5.03. The van der Waals surface area contributed by atoms with Gasteiger partial charge >= 0.3 is 0 Å². The van der Waals surface area contributed by atoms with Crippen LogP contribution in [0.3, 0.4) is 0 Å². The standard InChI is InChI=1S/C18H23N3O4S/c1-13(2)15-4-5-16(25-3)17(12-15)26(23,24)21-11-10-20-18(22)14-6-8-19-9-7-14/h4-9,12-13,21H,10-11H2,1-3H3,(H,20,22). The molecule has 0 unspecified atom stereocenters. The smallest absolute Gasteiger partial charge is 0.251 e. The summed E-state index contributed by atoms with van der Waals surface area (Å²) < 4.78 is 32.8. The van der Waals surface area contributed by atoms with Crippen molar-refractivity contribution in [2.24, 2.45) is 0 Å². The van der Waals surface area contributed by atoms with Crippen molar-refractivity contribution in [3.63, 3.8) is 0 Å². The number of methoxy groups -OCH3 is 1. The zero-order valence-corrected chi connectivity index (χ0v) is 15.8. The highest BCUT2D eigenvalue weighted by atomic mass is 32.2. The molecule has 0 bridgehead atoms. The van der Waals surface area contributed by atoms with Gasteiger partial charge in [-0.05, 0) is 35.7 Å². The lowest BCUT2D eigenvalue weighted by molar-refractivity contribution is 0.0954. The number of aromatic nitrogens is 1. The van der Waals surface area contributed by atoms with E-state index in [0.717, 1.165) is 5.56 Å². The van der Waals surface area contributed by atoms with Gasteiger partial charge in [0.05, 0.1) is 7.11 Å². The maximum absolute atomic E-state index is 12.6. The van der Waals surface area contributed by atoms with Crippen LogP contribution < -0.4 is 14.8 Å². The van der Waals surface area contributed by atoms with Crippen molar-refractivity contribution < 1.29 is 17.9 Å². The van der Waals surface area contributed by atoms with Crippen LogP contribution in [0.2, 0.25) is 0 Å². The van der Waals surface area contributed by atoms with Crippen LogP contribution in [-0.2, 0) is 10.0 Å². The predicted octanol–water partition coefficient (Wildman–Crippen LogP) is 1.92. The van der Waals surface area contributed by atoms with Gasteiger partial charge in [0.15, 0.2) is 0 Å². The number of sulfonamides is 1. The summed E-state index contributed by atoms with van der Waals surface area (Å²) in [5, 5.41) is 2.66. The monoisotopic (exact) mass is 377 g/mol. The second-order valence-electron chi connectivity index (χ2n) is 5.95. The molecule has 0 saturated carbocycles. The average Bonchev–Trinajstić information content (AvgIpc) is 2.65. The summed E-state index contributed by atoms with van der Waals surface area (Å²) in [6.07, 6.45) is 3.04. The van der Waals surface area contributed by atoms with E-state index < -0.39 is 10.0 Å². The van der Waals surface area contributed by atoms with E-state index >= 15 is 0 Å². The van der Waals surface area contributed by atoms with Gasteiger partial charge in [-0.3, -0.25) is 9.78 Å². The van der Waals surface area contributed by atoms with Crippen LogP contribution in [0.1, 0.15) is 35.7 Å². The molecule has 1 amide bonds. The topological polar surface area (TPSA) is 97.4 Å². The first-order chi connectivity index (χ1) is 12.3. The Bertz CT molecular complexity index is 852. The molecule has 2 N–H and O–H groups in total. The minimum absolute atomic E-state index is 0.0637. The number of rotatable bonds is 8. The molecule has 1 aromatic heterocycles. The van der Waals surface area contributed by atoms with E-state index in [9.17, 15) is 13.2 Å². The summed E-state index contributed by atoms with van der Waals surface area (Å²) in [7, 11) is -2.33. The van der Waals surface area contributed by atoms with Crippen LogP contribution >= 0.6 is 0 Å². The number of nitrogens with zero attached hydrogens (tertiary/aromatic N) is 1. The van der Waals surface area contributed by atoms with Gasteiger partial charge in [-0.25, -0.2) is 13.1 Å². The quantitative estimate of drug-likeness (QED) is 0.685. The Morgan fingerprint density at radius 1 is 1.15 bits per heavy atom. The molecular formula is C18H23N3O4S. The van der Waals surface area contributed by atoms with Gasteiger partial charge < -0.3 is 10.1 Å². The first kappa shape index (κ1) is 19.9. The lowest BCUT2D eigenvalue weighted by Gasteiger charge is -2.14. The van der Waals surface area contributed by atoms with Gasteiger partial charge in [0.25, 0.3) is 5.91 Å². The number of amides is 1. The summed E-state index contributed by atoms with van der Waals surface area (Å²) in [6.45, 7) is 4.20. The van der Waals surface area contributed by atoms with Crippen molar-refractivity contribution in [3.8, 4) is 5.75 Å². The molecule has 0 atom stereocenters. The molecule has 2 rings (SSSR count). The second kappa shape index (κ2) is 8.77. The van der Waals surface area contributed by atoms with Crippen LogP contribution in [0.4, 0.5) is 0 Å². The van der Waals surface area contributed by atoms with E-state index in [2.05, 4.69) is 15.0 Å². The number of hydrogen-bond acceptors (Lipinski definition) is 5. The van der Waals surface area contributed by atoms with Crippen LogP contribution in [0.5, 0.6) is 5.75 Å². The van der Waals surface area contributed by atoms with Crippen molar-refractivity contribution in [1.82, 2.24) is 15.0 Å². The molecule has 0 fully saturated rings. The highest BCUT2D eigenvalue weighted by Crippen LogP contribution is 2.27. The Morgan fingerprint density at radius 3 is 2.46 bits per heavy atom. The van der Waals surface area contributed by atoms with E-state index in [1.54, 1.807) is 24.3 Å². The fraction of sp³-hybridized carbons (Fsp3) is 0.333. The van der Waals surface area contributed by atoms with Gasteiger partial charge in [0, 0.05) is 31.0 Å². The minimum atomic E-state index is -3.76. The zero-order valence-electron chi connectivity index (χ0n) is 15.0. The van der Waals surface area contributed by atoms with Crippen molar-refractivity contribution in [2.75, 3.05) is 20.2 Å². The van der Waals surface area contributed by atoms with E-state index in [0.29, 0.717) is 5.56 Å². The Labute approximate surface area is 153 Å². The first-order valence-corrected chi connectivity index (χ1v) is 9.69. The molecule has 0 aliphatic rings.